The van der Waals surface area contributed by atoms with Crippen LogP contribution >= 0.6 is 23.3 Å². The summed E-state index contributed by atoms with van der Waals surface area (Å²) in [7, 11) is -2.08. The Morgan fingerprint density at radius 1 is 0.920 bits per heavy atom. The average molecular weight is 422 g/mol. The van der Waals surface area contributed by atoms with Gasteiger partial charge in [-0.15, -0.1) is 0 Å². The predicted octanol–water partition coefficient (Wildman–Crippen LogP) is 5.53. The van der Waals surface area contributed by atoms with Gasteiger partial charge in [0.25, 0.3) is 0 Å². The van der Waals surface area contributed by atoms with Gasteiger partial charge in [-0.1, -0.05) is 12.1 Å². The predicted molar refractivity (Wildman–Crippen MR) is 108 cm³/mol. The van der Waals surface area contributed by atoms with Crippen molar-refractivity contribution in [1.29, 1.82) is 0 Å². The van der Waals surface area contributed by atoms with Crippen LogP contribution < -0.4 is 5.50 Å². The highest BCUT2D eigenvalue weighted by Crippen LogP contribution is 2.60. The maximum Gasteiger partial charge on any atom is 0.172 e. The first kappa shape index (κ1) is 17.5. The number of hydrogen-bond acceptors (Lipinski definition) is 2. The second-order valence-corrected chi connectivity index (χ2v) is 10.6. The molecule has 2 aliphatic rings. The van der Waals surface area contributed by atoms with E-state index in [1.807, 2.05) is 13.0 Å². The molecule has 0 unspecified atom stereocenters. The van der Waals surface area contributed by atoms with E-state index in [4.69, 9.17) is 9.16 Å². The summed E-state index contributed by atoms with van der Waals surface area (Å²) in [5.74, 6) is 0.972. The van der Waals surface area contributed by atoms with E-state index in [1.165, 1.54) is 25.7 Å². The van der Waals surface area contributed by atoms with E-state index in [0.29, 0.717) is 0 Å². The molecule has 2 aromatic rings. The Kier molecular flexibility index (Phi) is 5.19. The zero-order valence-corrected chi connectivity index (χ0v) is 17.2. The first-order chi connectivity index (χ1) is 12.2. The summed E-state index contributed by atoms with van der Waals surface area (Å²) >= 11 is 3.70. The molecule has 134 valence electrons. The lowest BCUT2D eigenvalue weighted by Gasteiger charge is -2.38. The number of rotatable bonds is 4. The minimum atomic E-state index is -2.08. The van der Waals surface area contributed by atoms with Crippen LogP contribution in [-0.2, 0) is 0 Å². The summed E-state index contributed by atoms with van der Waals surface area (Å²) in [6.07, 6.45) is 5.00. The Balaban J connectivity index is 1.96. The third-order valence-electron chi connectivity index (χ3n) is 5.08. The molecule has 0 saturated carbocycles. The van der Waals surface area contributed by atoms with Crippen molar-refractivity contribution in [1.82, 2.24) is 9.34 Å². The molecule has 2 aliphatic heterocycles. The first-order valence-corrected chi connectivity index (χ1v) is 11.6. The number of aryl methyl sites for hydroxylation is 1. The Labute approximate surface area is 158 Å². The molecule has 0 spiro atoms. The van der Waals surface area contributed by atoms with Crippen molar-refractivity contribution < 1.29 is 4.42 Å². The zero-order chi connectivity index (χ0) is 17.3. The highest BCUT2D eigenvalue weighted by molar-refractivity contribution is 9.10. The lowest BCUT2D eigenvalue weighted by molar-refractivity contribution is 0.458. The van der Waals surface area contributed by atoms with Crippen LogP contribution in [0.3, 0.4) is 0 Å². The van der Waals surface area contributed by atoms with Crippen LogP contribution in [0.25, 0.3) is 0 Å². The fraction of sp³-hybridized carbons (Fsp3) is 0.474. The van der Waals surface area contributed by atoms with Gasteiger partial charge < -0.3 is 4.42 Å². The summed E-state index contributed by atoms with van der Waals surface area (Å²) in [6, 6.07) is 12.6. The second-order valence-electron chi connectivity index (χ2n) is 6.83. The van der Waals surface area contributed by atoms with E-state index in [2.05, 4.69) is 55.6 Å². The molecule has 0 radical (unpaired) electrons. The van der Waals surface area contributed by atoms with Crippen LogP contribution in [0, 0.1) is 6.92 Å². The number of nitrogens with zero attached hydrogens (tertiary/aromatic N) is 3. The van der Waals surface area contributed by atoms with Crippen LogP contribution in [0.2, 0.25) is 0 Å². The minimum Gasteiger partial charge on any atom is -0.457 e. The number of hydrogen-bond donors (Lipinski definition) is 0. The van der Waals surface area contributed by atoms with E-state index in [9.17, 15) is 0 Å². The standard InChI is InChI=1S/C19H25BrN3OP/c1-16-10-11-19(24-16)25(22-12-4-5-13-22,23-14-6-7-15-23)21-18-9-3-2-8-17(18)20/h2-3,8-11H,4-7,12-15H2,1H3. The molecule has 1 aromatic carbocycles. The molecule has 1 aromatic heterocycles. The SMILES string of the molecule is Cc1ccc(P(=Nc2ccccc2Br)(N2CCCC2)N2CCCC2)o1. The van der Waals surface area contributed by atoms with Gasteiger partial charge in [0.2, 0.25) is 0 Å². The Bertz CT molecular complexity index is 771. The van der Waals surface area contributed by atoms with Crippen LogP contribution in [-0.4, -0.2) is 35.5 Å². The second kappa shape index (κ2) is 7.40. The number of furan rings is 1. The van der Waals surface area contributed by atoms with Crippen molar-refractivity contribution in [3.8, 4) is 0 Å². The maximum absolute atomic E-state index is 6.24. The van der Waals surface area contributed by atoms with Gasteiger partial charge in [0, 0.05) is 30.7 Å². The molecule has 3 heterocycles. The average Bonchev–Trinajstić information content (AvgIpc) is 3.37. The van der Waals surface area contributed by atoms with E-state index in [-0.39, 0.29) is 0 Å². The summed E-state index contributed by atoms with van der Waals surface area (Å²) in [6.45, 7) is 6.47. The molecule has 0 amide bonds. The minimum absolute atomic E-state index is 0.972. The third-order valence-corrected chi connectivity index (χ3v) is 9.45. The quantitative estimate of drug-likeness (QED) is 0.608. The monoisotopic (exact) mass is 421 g/mol. The molecule has 4 nitrogen and oxygen atoms in total. The van der Waals surface area contributed by atoms with Crippen LogP contribution in [0.4, 0.5) is 5.69 Å². The van der Waals surface area contributed by atoms with Crippen molar-refractivity contribution in [2.75, 3.05) is 26.2 Å². The normalized spacial score (nSPS) is 19.6. The molecule has 2 fully saturated rings. The fourth-order valence-electron chi connectivity index (χ4n) is 3.86. The van der Waals surface area contributed by atoms with Gasteiger partial charge in [-0.2, -0.15) is 0 Å². The van der Waals surface area contributed by atoms with Gasteiger partial charge in [-0.3, -0.25) is 9.34 Å². The summed E-state index contributed by atoms with van der Waals surface area (Å²) in [5, 5.41) is 0. The Morgan fingerprint density at radius 3 is 2.04 bits per heavy atom. The third kappa shape index (κ3) is 3.28. The first-order valence-electron chi connectivity index (χ1n) is 9.15. The molecule has 2 saturated heterocycles. The van der Waals surface area contributed by atoms with Crippen molar-refractivity contribution in [2.45, 2.75) is 32.6 Å². The molecular weight excluding hydrogens is 397 g/mol. The zero-order valence-electron chi connectivity index (χ0n) is 14.7. The molecule has 0 aliphatic carbocycles. The molecule has 0 atom stereocenters. The number of benzene rings is 1. The smallest absolute Gasteiger partial charge is 0.172 e. The Morgan fingerprint density at radius 2 is 1.52 bits per heavy atom. The number of halogens is 1. The highest BCUT2D eigenvalue weighted by atomic mass is 79.9. The molecule has 4 rings (SSSR count). The summed E-state index contributed by atoms with van der Waals surface area (Å²) in [5.41, 5.74) is 2.09. The summed E-state index contributed by atoms with van der Waals surface area (Å²) < 4.78 is 18.0. The van der Waals surface area contributed by atoms with Crippen LogP contribution in [0.1, 0.15) is 31.4 Å². The molecule has 25 heavy (non-hydrogen) atoms. The fourth-order valence-corrected chi connectivity index (χ4v) is 8.33. The van der Waals surface area contributed by atoms with Gasteiger partial charge in [0.1, 0.15) is 5.76 Å². The topological polar surface area (TPSA) is 32.0 Å². The van der Waals surface area contributed by atoms with E-state index >= 15 is 0 Å². The van der Waals surface area contributed by atoms with Crippen molar-refractivity contribution >= 4 is 34.5 Å². The van der Waals surface area contributed by atoms with Crippen molar-refractivity contribution in [3.63, 3.8) is 0 Å². The van der Waals surface area contributed by atoms with Crippen LogP contribution in [0.15, 0.2) is 50.0 Å². The summed E-state index contributed by atoms with van der Waals surface area (Å²) in [4.78, 5) is 0. The molecule has 6 heteroatoms. The lowest BCUT2D eigenvalue weighted by Crippen LogP contribution is -2.34. The van der Waals surface area contributed by atoms with Gasteiger partial charge in [0.15, 0.2) is 12.9 Å². The molecule has 0 N–H and O–H groups in total. The van der Waals surface area contributed by atoms with Gasteiger partial charge >= 0.3 is 0 Å². The van der Waals surface area contributed by atoms with Gasteiger partial charge in [-0.25, -0.2) is 4.74 Å². The van der Waals surface area contributed by atoms with Gasteiger partial charge in [-0.05, 0) is 72.8 Å². The highest BCUT2D eigenvalue weighted by Gasteiger charge is 2.41. The van der Waals surface area contributed by atoms with E-state index in [1.54, 1.807) is 0 Å². The van der Waals surface area contributed by atoms with Gasteiger partial charge in [0.05, 0.1) is 5.69 Å². The molecule has 0 bridgehead atoms. The van der Waals surface area contributed by atoms with Crippen molar-refractivity contribution in [3.05, 3.63) is 46.6 Å². The lowest BCUT2D eigenvalue weighted by atomic mass is 10.3. The van der Waals surface area contributed by atoms with Crippen molar-refractivity contribution in [2.24, 2.45) is 4.74 Å². The molecular formula is C19H25BrN3OP. The van der Waals surface area contributed by atoms with Crippen LogP contribution in [0.5, 0.6) is 0 Å². The van der Waals surface area contributed by atoms with E-state index < -0.39 is 7.36 Å². The largest absolute Gasteiger partial charge is 0.457 e. The Hall–Kier alpha value is -0.870. The maximum atomic E-state index is 6.24. The van der Waals surface area contributed by atoms with E-state index in [0.717, 1.165) is 47.6 Å².